The minimum absolute atomic E-state index is 0.344. The molecule has 0 bridgehead atoms. The van der Waals surface area contributed by atoms with Crippen molar-refractivity contribution in [3.63, 3.8) is 0 Å². The van der Waals surface area contributed by atoms with Crippen molar-refractivity contribution in [2.24, 2.45) is 5.92 Å². The van der Waals surface area contributed by atoms with Gasteiger partial charge in [0.2, 0.25) is 5.95 Å². The van der Waals surface area contributed by atoms with Crippen molar-refractivity contribution in [2.75, 3.05) is 12.3 Å². The van der Waals surface area contributed by atoms with Crippen LogP contribution < -0.4 is 5.73 Å². The SMILES string of the molecule is CCC1OCCC1Cn1cnc(N)n1. The Morgan fingerprint density at radius 1 is 1.71 bits per heavy atom. The lowest BCUT2D eigenvalue weighted by Gasteiger charge is -2.15. The summed E-state index contributed by atoms with van der Waals surface area (Å²) in [5.41, 5.74) is 5.45. The van der Waals surface area contributed by atoms with Crippen molar-refractivity contribution < 1.29 is 4.74 Å². The molecule has 14 heavy (non-hydrogen) atoms. The molecule has 78 valence electrons. The maximum Gasteiger partial charge on any atom is 0.239 e. The predicted octanol–water partition coefficient (Wildman–Crippen LogP) is 0.675. The fourth-order valence-corrected chi connectivity index (χ4v) is 1.99. The molecule has 2 unspecified atom stereocenters. The molecule has 1 fully saturated rings. The van der Waals surface area contributed by atoms with E-state index in [-0.39, 0.29) is 0 Å². The molecule has 0 saturated carbocycles. The van der Waals surface area contributed by atoms with E-state index in [1.807, 2.05) is 0 Å². The molecule has 1 aliphatic heterocycles. The van der Waals surface area contributed by atoms with E-state index >= 15 is 0 Å². The van der Waals surface area contributed by atoms with Gasteiger partial charge in [-0.05, 0) is 12.8 Å². The second kappa shape index (κ2) is 3.96. The van der Waals surface area contributed by atoms with Crippen LogP contribution in [0.1, 0.15) is 19.8 Å². The van der Waals surface area contributed by atoms with Crippen molar-refractivity contribution in [1.29, 1.82) is 0 Å². The highest BCUT2D eigenvalue weighted by Gasteiger charge is 2.27. The molecule has 2 atom stereocenters. The van der Waals surface area contributed by atoms with Gasteiger partial charge in [-0.2, -0.15) is 0 Å². The summed E-state index contributed by atoms with van der Waals surface area (Å²) in [6.45, 7) is 3.88. The number of anilines is 1. The van der Waals surface area contributed by atoms with Crippen molar-refractivity contribution in [3.05, 3.63) is 6.33 Å². The highest BCUT2D eigenvalue weighted by Crippen LogP contribution is 2.24. The number of nitrogens with two attached hydrogens (primary N) is 1. The van der Waals surface area contributed by atoms with Gasteiger partial charge in [-0.3, -0.25) is 4.68 Å². The molecule has 0 aliphatic carbocycles. The largest absolute Gasteiger partial charge is 0.378 e. The van der Waals surface area contributed by atoms with E-state index < -0.39 is 0 Å². The van der Waals surface area contributed by atoms with Gasteiger partial charge in [0.15, 0.2) is 0 Å². The second-order valence-corrected chi connectivity index (χ2v) is 3.69. The van der Waals surface area contributed by atoms with Crippen molar-refractivity contribution in [3.8, 4) is 0 Å². The normalized spacial score (nSPS) is 26.9. The van der Waals surface area contributed by atoms with Crippen LogP contribution in [0.4, 0.5) is 5.95 Å². The Hall–Kier alpha value is -1.10. The Balaban J connectivity index is 1.96. The van der Waals surface area contributed by atoms with Gasteiger partial charge in [0.05, 0.1) is 6.10 Å². The molecule has 0 radical (unpaired) electrons. The van der Waals surface area contributed by atoms with Crippen molar-refractivity contribution >= 4 is 5.95 Å². The number of hydrogen-bond acceptors (Lipinski definition) is 4. The molecule has 1 aliphatic rings. The molecule has 1 aromatic rings. The van der Waals surface area contributed by atoms with Gasteiger partial charge in [0, 0.05) is 19.1 Å². The first-order valence-electron chi connectivity index (χ1n) is 5.06. The number of ether oxygens (including phenoxy) is 1. The van der Waals surface area contributed by atoms with E-state index in [2.05, 4.69) is 17.0 Å². The van der Waals surface area contributed by atoms with Crippen LogP contribution in [0.15, 0.2) is 6.33 Å². The average Bonchev–Trinajstić information content (AvgIpc) is 2.76. The quantitative estimate of drug-likeness (QED) is 0.771. The first-order valence-corrected chi connectivity index (χ1v) is 5.06. The summed E-state index contributed by atoms with van der Waals surface area (Å²) in [5.74, 6) is 0.901. The van der Waals surface area contributed by atoms with Gasteiger partial charge in [0.1, 0.15) is 6.33 Å². The lowest BCUT2D eigenvalue weighted by atomic mass is 10.00. The van der Waals surface area contributed by atoms with Gasteiger partial charge in [0.25, 0.3) is 0 Å². The average molecular weight is 196 g/mol. The summed E-state index contributed by atoms with van der Waals surface area (Å²) in [5, 5.41) is 4.07. The highest BCUT2D eigenvalue weighted by molar-refractivity contribution is 5.09. The summed E-state index contributed by atoms with van der Waals surface area (Å²) in [6, 6.07) is 0. The Morgan fingerprint density at radius 2 is 2.57 bits per heavy atom. The highest BCUT2D eigenvalue weighted by atomic mass is 16.5. The van der Waals surface area contributed by atoms with E-state index in [9.17, 15) is 0 Å². The monoisotopic (exact) mass is 196 g/mol. The van der Waals surface area contributed by atoms with Crippen LogP contribution in [0.25, 0.3) is 0 Å². The molecule has 2 rings (SSSR count). The summed E-state index contributed by atoms with van der Waals surface area (Å²) in [4.78, 5) is 3.90. The smallest absolute Gasteiger partial charge is 0.239 e. The van der Waals surface area contributed by atoms with E-state index in [0.29, 0.717) is 18.0 Å². The van der Waals surface area contributed by atoms with Crippen molar-refractivity contribution in [2.45, 2.75) is 32.4 Å². The summed E-state index contributed by atoms with van der Waals surface area (Å²) >= 11 is 0. The van der Waals surface area contributed by atoms with Crippen LogP contribution in [-0.4, -0.2) is 27.5 Å². The topological polar surface area (TPSA) is 66.0 Å². The minimum atomic E-state index is 0.344. The van der Waals surface area contributed by atoms with Crippen LogP contribution in [0, 0.1) is 5.92 Å². The van der Waals surface area contributed by atoms with Crippen LogP contribution >= 0.6 is 0 Å². The van der Waals surface area contributed by atoms with Gasteiger partial charge in [-0.15, -0.1) is 5.10 Å². The summed E-state index contributed by atoms with van der Waals surface area (Å²) < 4.78 is 7.40. The molecule has 5 heteroatoms. The summed E-state index contributed by atoms with van der Waals surface area (Å²) in [7, 11) is 0. The zero-order valence-corrected chi connectivity index (χ0v) is 8.39. The first kappa shape index (κ1) is 9.45. The summed E-state index contributed by atoms with van der Waals surface area (Å²) in [6.07, 6.45) is 4.23. The van der Waals surface area contributed by atoms with E-state index in [0.717, 1.165) is 26.0 Å². The second-order valence-electron chi connectivity index (χ2n) is 3.69. The zero-order valence-electron chi connectivity index (χ0n) is 8.39. The number of rotatable bonds is 3. The van der Waals surface area contributed by atoms with Gasteiger partial charge in [-0.1, -0.05) is 6.92 Å². The maximum absolute atomic E-state index is 5.60. The Labute approximate surface area is 83.3 Å². The predicted molar refractivity (Wildman–Crippen MR) is 52.6 cm³/mol. The third-order valence-corrected chi connectivity index (χ3v) is 2.72. The first-order chi connectivity index (χ1) is 6.79. The Morgan fingerprint density at radius 3 is 3.21 bits per heavy atom. The fourth-order valence-electron chi connectivity index (χ4n) is 1.99. The zero-order chi connectivity index (χ0) is 9.97. The molecule has 1 aromatic heterocycles. The lowest BCUT2D eigenvalue weighted by molar-refractivity contribution is 0.0825. The Kier molecular flexibility index (Phi) is 2.67. The van der Waals surface area contributed by atoms with Gasteiger partial charge < -0.3 is 10.5 Å². The standard InChI is InChI=1S/C9H16N4O/c1-2-8-7(3-4-14-8)5-13-6-11-9(10)12-13/h6-8H,2-5H2,1H3,(H2,10,12). The van der Waals surface area contributed by atoms with E-state index in [4.69, 9.17) is 10.5 Å². The molecule has 2 N–H and O–H groups in total. The third-order valence-electron chi connectivity index (χ3n) is 2.72. The van der Waals surface area contributed by atoms with Crippen LogP contribution in [-0.2, 0) is 11.3 Å². The molecule has 0 aromatic carbocycles. The molecule has 5 nitrogen and oxygen atoms in total. The van der Waals surface area contributed by atoms with Crippen LogP contribution in [0.3, 0.4) is 0 Å². The van der Waals surface area contributed by atoms with Gasteiger partial charge in [-0.25, -0.2) is 4.98 Å². The molecule has 0 amide bonds. The van der Waals surface area contributed by atoms with Crippen LogP contribution in [0.5, 0.6) is 0 Å². The Bertz CT molecular complexity index is 299. The molecule has 1 saturated heterocycles. The number of nitrogens with zero attached hydrogens (tertiary/aromatic N) is 3. The molecule has 0 spiro atoms. The fraction of sp³-hybridized carbons (Fsp3) is 0.778. The van der Waals surface area contributed by atoms with E-state index in [1.165, 1.54) is 0 Å². The van der Waals surface area contributed by atoms with Gasteiger partial charge >= 0.3 is 0 Å². The number of hydrogen-bond donors (Lipinski definition) is 1. The lowest BCUT2D eigenvalue weighted by Crippen LogP contribution is -2.20. The molecule has 2 heterocycles. The third kappa shape index (κ3) is 1.87. The van der Waals surface area contributed by atoms with Crippen LogP contribution in [0.2, 0.25) is 0 Å². The molecular formula is C9H16N4O. The number of aromatic nitrogens is 3. The maximum atomic E-state index is 5.60. The van der Waals surface area contributed by atoms with E-state index in [1.54, 1.807) is 11.0 Å². The molecular weight excluding hydrogens is 180 g/mol. The number of nitrogen functional groups attached to an aromatic ring is 1. The van der Waals surface area contributed by atoms with Crippen molar-refractivity contribution in [1.82, 2.24) is 14.8 Å². The minimum Gasteiger partial charge on any atom is -0.378 e.